The number of hydrogen-bond acceptors (Lipinski definition) is 3. The average molecular weight is 429 g/mol. The maximum absolute atomic E-state index is 12.1. The molecule has 0 saturated carbocycles. The first-order valence-electron chi connectivity index (χ1n) is 9.19. The molecule has 0 bridgehead atoms. The Balaban J connectivity index is 1.54. The van der Waals surface area contributed by atoms with Crippen LogP contribution in [-0.4, -0.2) is 12.5 Å². The fourth-order valence-electron chi connectivity index (χ4n) is 2.76. The van der Waals surface area contributed by atoms with Crippen LogP contribution in [0.25, 0.3) is 0 Å². The zero-order valence-electron chi connectivity index (χ0n) is 16.3. The van der Waals surface area contributed by atoms with Crippen molar-refractivity contribution in [2.75, 3.05) is 17.2 Å². The van der Waals surface area contributed by atoms with Gasteiger partial charge in [0.05, 0.1) is 0 Å². The summed E-state index contributed by atoms with van der Waals surface area (Å²) in [5, 5.41) is 7.49. The van der Waals surface area contributed by atoms with E-state index in [9.17, 15) is 4.79 Å². The van der Waals surface area contributed by atoms with Crippen molar-refractivity contribution in [3.63, 3.8) is 0 Å². The van der Waals surface area contributed by atoms with Gasteiger partial charge in [0.2, 0.25) is 0 Å². The summed E-state index contributed by atoms with van der Waals surface area (Å²) in [6.45, 7) is 4.42. The van der Waals surface area contributed by atoms with Crippen molar-refractivity contribution in [1.82, 2.24) is 0 Å². The quantitative estimate of drug-likeness (QED) is 0.468. The van der Waals surface area contributed by atoms with Gasteiger partial charge in [-0.1, -0.05) is 47.5 Å². The molecule has 1 amide bonds. The highest BCUT2D eigenvalue weighted by molar-refractivity contribution is 6.32. The molecule has 0 aliphatic rings. The summed E-state index contributed by atoms with van der Waals surface area (Å²) in [6, 6.07) is 18.8. The molecule has 0 saturated heterocycles. The van der Waals surface area contributed by atoms with E-state index in [4.69, 9.17) is 27.9 Å². The van der Waals surface area contributed by atoms with E-state index in [1.54, 1.807) is 6.07 Å². The molecule has 0 atom stereocenters. The van der Waals surface area contributed by atoms with Gasteiger partial charge in [0.15, 0.2) is 6.61 Å². The van der Waals surface area contributed by atoms with Gasteiger partial charge in [0.1, 0.15) is 5.75 Å². The Morgan fingerprint density at radius 1 is 0.966 bits per heavy atom. The molecule has 0 aliphatic heterocycles. The molecule has 3 aromatic rings. The van der Waals surface area contributed by atoms with Gasteiger partial charge in [-0.05, 0) is 66.9 Å². The predicted molar refractivity (Wildman–Crippen MR) is 120 cm³/mol. The second kappa shape index (κ2) is 9.68. The lowest BCUT2D eigenvalue weighted by molar-refractivity contribution is -0.118. The molecule has 0 radical (unpaired) electrons. The van der Waals surface area contributed by atoms with Crippen molar-refractivity contribution < 1.29 is 9.53 Å². The highest BCUT2D eigenvalue weighted by Gasteiger charge is 2.07. The second-order valence-electron chi connectivity index (χ2n) is 6.71. The number of aryl methyl sites for hydroxylation is 1. The van der Waals surface area contributed by atoms with E-state index in [1.165, 1.54) is 0 Å². The Morgan fingerprint density at radius 2 is 1.76 bits per heavy atom. The lowest BCUT2D eigenvalue weighted by atomic mass is 10.1. The van der Waals surface area contributed by atoms with Gasteiger partial charge in [-0.2, -0.15) is 0 Å². The van der Waals surface area contributed by atoms with E-state index in [2.05, 4.69) is 10.6 Å². The summed E-state index contributed by atoms with van der Waals surface area (Å²) in [7, 11) is 0. The minimum absolute atomic E-state index is 0.0875. The Kier molecular flexibility index (Phi) is 7.02. The van der Waals surface area contributed by atoms with Crippen molar-refractivity contribution in [3.05, 3.63) is 87.4 Å². The molecule has 0 heterocycles. The van der Waals surface area contributed by atoms with Crippen molar-refractivity contribution in [2.24, 2.45) is 0 Å². The van der Waals surface area contributed by atoms with Gasteiger partial charge in [0, 0.05) is 28.0 Å². The Hall–Kier alpha value is -2.69. The SMILES string of the molecule is Cc1ccc(NC(=O)COc2cccc(CNc3cccc(Cl)c3C)c2)cc1Cl. The third kappa shape index (κ3) is 5.89. The number of rotatable bonds is 7. The summed E-state index contributed by atoms with van der Waals surface area (Å²) in [5.74, 6) is 0.382. The van der Waals surface area contributed by atoms with Crippen molar-refractivity contribution in [2.45, 2.75) is 20.4 Å². The van der Waals surface area contributed by atoms with E-state index in [0.717, 1.165) is 27.4 Å². The van der Waals surface area contributed by atoms with Gasteiger partial charge in [-0.25, -0.2) is 0 Å². The third-order valence-corrected chi connectivity index (χ3v) is 5.29. The molecule has 0 spiro atoms. The molecule has 4 nitrogen and oxygen atoms in total. The summed E-state index contributed by atoms with van der Waals surface area (Å²) < 4.78 is 5.64. The maximum atomic E-state index is 12.1. The van der Waals surface area contributed by atoms with E-state index < -0.39 is 0 Å². The van der Waals surface area contributed by atoms with Crippen LogP contribution in [0.15, 0.2) is 60.7 Å². The van der Waals surface area contributed by atoms with E-state index in [0.29, 0.717) is 23.0 Å². The molecule has 29 heavy (non-hydrogen) atoms. The fourth-order valence-corrected chi connectivity index (χ4v) is 3.11. The van der Waals surface area contributed by atoms with Crippen LogP contribution in [0.1, 0.15) is 16.7 Å². The molecule has 2 N–H and O–H groups in total. The van der Waals surface area contributed by atoms with Gasteiger partial charge in [-0.15, -0.1) is 0 Å². The summed E-state index contributed by atoms with van der Waals surface area (Å²) >= 11 is 12.2. The molecular weight excluding hydrogens is 407 g/mol. The van der Waals surface area contributed by atoms with E-state index in [1.807, 2.05) is 68.4 Å². The third-order valence-electron chi connectivity index (χ3n) is 4.47. The first-order valence-corrected chi connectivity index (χ1v) is 9.94. The molecule has 3 rings (SSSR count). The molecule has 150 valence electrons. The van der Waals surface area contributed by atoms with Crippen molar-refractivity contribution in [3.8, 4) is 5.75 Å². The minimum atomic E-state index is -0.247. The standard InChI is InChI=1S/C23H22Cl2N2O2/c1-15-9-10-18(12-21(15)25)27-23(28)14-29-19-6-3-5-17(11-19)13-26-22-8-4-7-20(24)16(22)2/h3-12,26H,13-14H2,1-2H3,(H,27,28). The van der Waals surface area contributed by atoms with Crippen LogP contribution in [0.4, 0.5) is 11.4 Å². The summed E-state index contributed by atoms with van der Waals surface area (Å²) in [4.78, 5) is 12.1. The number of halogens is 2. The number of carbonyl (C=O) groups excluding carboxylic acids is 1. The number of benzene rings is 3. The largest absolute Gasteiger partial charge is 0.484 e. The molecular formula is C23H22Cl2N2O2. The molecule has 6 heteroatoms. The number of nitrogens with one attached hydrogen (secondary N) is 2. The summed E-state index contributed by atoms with van der Waals surface area (Å²) in [5.41, 5.74) is 4.63. The molecule has 0 aliphatic carbocycles. The van der Waals surface area contributed by atoms with Gasteiger partial charge in [0.25, 0.3) is 5.91 Å². The number of ether oxygens (including phenoxy) is 1. The zero-order valence-corrected chi connectivity index (χ0v) is 17.8. The molecule has 0 fully saturated rings. The van der Waals surface area contributed by atoms with Crippen LogP contribution in [0.2, 0.25) is 10.0 Å². The fraction of sp³-hybridized carbons (Fsp3) is 0.174. The van der Waals surface area contributed by atoms with Crippen LogP contribution in [-0.2, 0) is 11.3 Å². The normalized spacial score (nSPS) is 10.5. The summed E-state index contributed by atoms with van der Waals surface area (Å²) in [6.07, 6.45) is 0. The Labute approximate surface area is 180 Å². The lowest BCUT2D eigenvalue weighted by Crippen LogP contribution is -2.20. The first kappa shape index (κ1) is 21.0. The smallest absolute Gasteiger partial charge is 0.262 e. The van der Waals surface area contributed by atoms with Crippen molar-refractivity contribution >= 4 is 40.5 Å². The molecule has 0 unspecified atom stereocenters. The maximum Gasteiger partial charge on any atom is 0.262 e. The van der Waals surface area contributed by atoms with Crippen LogP contribution in [0, 0.1) is 13.8 Å². The topological polar surface area (TPSA) is 50.4 Å². The lowest BCUT2D eigenvalue weighted by Gasteiger charge is -2.12. The van der Waals surface area contributed by atoms with Crippen LogP contribution >= 0.6 is 23.2 Å². The Morgan fingerprint density at radius 3 is 2.55 bits per heavy atom. The van der Waals surface area contributed by atoms with Crippen molar-refractivity contribution in [1.29, 1.82) is 0 Å². The highest BCUT2D eigenvalue weighted by Crippen LogP contribution is 2.24. The van der Waals surface area contributed by atoms with Gasteiger partial charge < -0.3 is 15.4 Å². The number of hydrogen-bond donors (Lipinski definition) is 2. The predicted octanol–water partition coefficient (Wildman–Crippen LogP) is 6.24. The number of amides is 1. The average Bonchev–Trinajstić information content (AvgIpc) is 2.71. The molecule has 3 aromatic carbocycles. The zero-order chi connectivity index (χ0) is 20.8. The second-order valence-corrected chi connectivity index (χ2v) is 7.53. The highest BCUT2D eigenvalue weighted by atomic mass is 35.5. The van der Waals surface area contributed by atoms with E-state index in [-0.39, 0.29) is 12.5 Å². The first-order chi connectivity index (χ1) is 13.9. The minimum Gasteiger partial charge on any atom is -0.484 e. The number of carbonyl (C=O) groups is 1. The monoisotopic (exact) mass is 428 g/mol. The number of anilines is 2. The van der Waals surface area contributed by atoms with E-state index >= 15 is 0 Å². The van der Waals surface area contributed by atoms with Gasteiger partial charge >= 0.3 is 0 Å². The van der Waals surface area contributed by atoms with Crippen LogP contribution < -0.4 is 15.4 Å². The molecule has 0 aromatic heterocycles. The van der Waals surface area contributed by atoms with Gasteiger partial charge in [-0.3, -0.25) is 4.79 Å². The van der Waals surface area contributed by atoms with Crippen LogP contribution in [0.3, 0.4) is 0 Å². The van der Waals surface area contributed by atoms with Crippen LogP contribution in [0.5, 0.6) is 5.75 Å². The Bertz CT molecular complexity index is 1020.